The van der Waals surface area contributed by atoms with Crippen LogP contribution in [0.1, 0.15) is 33.1 Å². The molecule has 0 aliphatic heterocycles. The fraction of sp³-hybridized carbons (Fsp3) is 1.00. The summed E-state index contributed by atoms with van der Waals surface area (Å²) in [5, 5.41) is 0. The standard InChI is InChI=1S/C9H15ClF2/c1-3-9(11,12)5-8(6-10)4-7(8)2/h7H,3-6H2,1-2H3. The van der Waals surface area contributed by atoms with Crippen molar-refractivity contribution in [2.45, 2.75) is 39.0 Å². The fourth-order valence-corrected chi connectivity index (χ4v) is 2.14. The Balaban J connectivity index is 2.50. The van der Waals surface area contributed by atoms with Crippen LogP contribution in [-0.4, -0.2) is 11.8 Å². The van der Waals surface area contributed by atoms with Gasteiger partial charge in [-0.15, -0.1) is 11.6 Å². The van der Waals surface area contributed by atoms with Crippen molar-refractivity contribution in [2.24, 2.45) is 11.3 Å². The Morgan fingerprint density at radius 1 is 1.58 bits per heavy atom. The highest BCUT2D eigenvalue weighted by atomic mass is 35.5. The fourth-order valence-electron chi connectivity index (χ4n) is 1.67. The van der Waals surface area contributed by atoms with E-state index in [1.165, 1.54) is 6.92 Å². The third-order valence-electron chi connectivity index (χ3n) is 2.99. The Hall–Kier alpha value is 0.150. The maximum Gasteiger partial charge on any atom is 0.248 e. The molecule has 0 nitrogen and oxygen atoms in total. The van der Waals surface area contributed by atoms with Crippen LogP contribution in [-0.2, 0) is 0 Å². The van der Waals surface area contributed by atoms with E-state index in [-0.39, 0.29) is 18.3 Å². The van der Waals surface area contributed by atoms with Crippen molar-refractivity contribution in [3.05, 3.63) is 0 Å². The molecule has 3 heteroatoms. The van der Waals surface area contributed by atoms with E-state index in [0.29, 0.717) is 11.8 Å². The second-order valence-electron chi connectivity index (χ2n) is 3.99. The molecule has 12 heavy (non-hydrogen) atoms. The number of hydrogen-bond acceptors (Lipinski definition) is 0. The van der Waals surface area contributed by atoms with Gasteiger partial charge in [0.05, 0.1) is 0 Å². The van der Waals surface area contributed by atoms with Gasteiger partial charge in [0.15, 0.2) is 0 Å². The summed E-state index contributed by atoms with van der Waals surface area (Å²) in [7, 11) is 0. The van der Waals surface area contributed by atoms with Crippen molar-refractivity contribution in [1.29, 1.82) is 0 Å². The summed E-state index contributed by atoms with van der Waals surface area (Å²) in [6.07, 6.45) is 0.769. The van der Waals surface area contributed by atoms with Gasteiger partial charge in [-0.2, -0.15) is 0 Å². The van der Waals surface area contributed by atoms with Crippen LogP contribution in [0.4, 0.5) is 8.78 Å². The molecule has 1 fully saturated rings. The van der Waals surface area contributed by atoms with E-state index in [0.717, 1.165) is 6.42 Å². The molecule has 1 aliphatic carbocycles. The maximum atomic E-state index is 13.0. The van der Waals surface area contributed by atoms with E-state index in [9.17, 15) is 8.78 Å². The van der Waals surface area contributed by atoms with Gasteiger partial charge in [-0.25, -0.2) is 8.78 Å². The average Bonchev–Trinajstić information content (AvgIpc) is 2.62. The van der Waals surface area contributed by atoms with Crippen LogP contribution in [0.2, 0.25) is 0 Å². The minimum absolute atomic E-state index is 0.0266. The van der Waals surface area contributed by atoms with Crippen LogP contribution in [0.3, 0.4) is 0 Å². The summed E-state index contributed by atoms with van der Waals surface area (Å²) >= 11 is 5.68. The molecule has 0 radical (unpaired) electrons. The molecule has 0 heterocycles. The molecule has 0 N–H and O–H groups in total. The van der Waals surface area contributed by atoms with Crippen molar-refractivity contribution in [3.8, 4) is 0 Å². The Bertz CT molecular complexity index is 166. The van der Waals surface area contributed by atoms with Crippen molar-refractivity contribution >= 4 is 11.6 Å². The summed E-state index contributed by atoms with van der Waals surface area (Å²) in [5.74, 6) is -1.75. The molecule has 2 unspecified atom stereocenters. The number of halogens is 3. The lowest BCUT2D eigenvalue weighted by Gasteiger charge is -2.20. The monoisotopic (exact) mass is 196 g/mol. The summed E-state index contributed by atoms with van der Waals surface area (Å²) in [6, 6.07) is 0. The van der Waals surface area contributed by atoms with Crippen LogP contribution in [0.25, 0.3) is 0 Å². The lowest BCUT2D eigenvalue weighted by atomic mass is 9.96. The first-order valence-electron chi connectivity index (χ1n) is 4.39. The topological polar surface area (TPSA) is 0 Å². The molecule has 0 aromatic carbocycles. The molecular formula is C9H15ClF2. The van der Waals surface area contributed by atoms with E-state index < -0.39 is 5.92 Å². The molecule has 0 saturated heterocycles. The smallest absolute Gasteiger partial charge is 0.207 e. The first kappa shape index (κ1) is 10.2. The van der Waals surface area contributed by atoms with Gasteiger partial charge in [-0.3, -0.25) is 0 Å². The summed E-state index contributed by atoms with van der Waals surface area (Å²) in [4.78, 5) is 0. The van der Waals surface area contributed by atoms with Gasteiger partial charge in [0.2, 0.25) is 5.92 Å². The Morgan fingerprint density at radius 3 is 2.33 bits per heavy atom. The van der Waals surface area contributed by atoms with E-state index in [2.05, 4.69) is 0 Å². The van der Waals surface area contributed by atoms with Crippen LogP contribution < -0.4 is 0 Å². The highest BCUT2D eigenvalue weighted by Crippen LogP contribution is 2.58. The molecule has 0 spiro atoms. The molecule has 0 aromatic heterocycles. The Morgan fingerprint density at radius 2 is 2.08 bits per heavy atom. The van der Waals surface area contributed by atoms with E-state index in [1.807, 2.05) is 6.92 Å². The van der Waals surface area contributed by atoms with Crippen molar-refractivity contribution in [2.75, 3.05) is 5.88 Å². The van der Waals surface area contributed by atoms with Crippen LogP contribution in [0.5, 0.6) is 0 Å². The second kappa shape index (κ2) is 3.13. The Kier molecular flexibility index (Phi) is 2.67. The number of alkyl halides is 3. The SMILES string of the molecule is CCC(F)(F)CC1(CCl)CC1C. The Labute approximate surface area is 77.3 Å². The molecule has 1 rings (SSSR count). The van der Waals surface area contributed by atoms with Gasteiger partial charge in [-0.05, 0) is 17.8 Å². The van der Waals surface area contributed by atoms with E-state index in [1.54, 1.807) is 0 Å². The zero-order valence-corrected chi connectivity index (χ0v) is 8.30. The third kappa shape index (κ3) is 1.90. The van der Waals surface area contributed by atoms with Crippen molar-refractivity contribution in [3.63, 3.8) is 0 Å². The maximum absolute atomic E-state index is 13.0. The summed E-state index contributed by atoms with van der Waals surface area (Å²) in [6.45, 7) is 3.52. The quantitative estimate of drug-likeness (QED) is 0.602. The predicted molar refractivity (Wildman–Crippen MR) is 46.8 cm³/mol. The minimum atomic E-state index is -2.51. The number of rotatable bonds is 4. The van der Waals surface area contributed by atoms with E-state index in [4.69, 9.17) is 11.6 Å². The van der Waals surface area contributed by atoms with Crippen LogP contribution in [0.15, 0.2) is 0 Å². The van der Waals surface area contributed by atoms with Crippen molar-refractivity contribution in [1.82, 2.24) is 0 Å². The molecule has 2 atom stereocenters. The van der Waals surface area contributed by atoms with Gasteiger partial charge in [0.1, 0.15) is 0 Å². The molecule has 1 saturated carbocycles. The van der Waals surface area contributed by atoms with Crippen molar-refractivity contribution < 1.29 is 8.78 Å². The molecule has 1 aliphatic rings. The van der Waals surface area contributed by atoms with Gasteiger partial charge in [0.25, 0.3) is 0 Å². The number of hydrogen-bond donors (Lipinski definition) is 0. The zero-order chi connectivity index (χ0) is 9.41. The lowest BCUT2D eigenvalue weighted by Crippen LogP contribution is -2.22. The predicted octanol–water partition coefficient (Wildman–Crippen LogP) is 3.69. The highest BCUT2D eigenvalue weighted by molar-refractivity contribution is 6.18. The first-order chi connectivity index (χ1) is 5.46. The normalized spacial score (nSPS) is 35.2. The van der Waals surface area contributed by atoms with Gasteiger partial charge in [0, 0.05) is 18.7 Å². The summed E-state index contributed by atoms with van der Waals surface area (Å²) in [5.41, 5.74) is -0.249. The molecule has 0 aromatic rings. The molecule has 0 bridgehead atoms. The van der Waals surface area contributed by atoms with Gasteiger partial charge >= 0.3 is 0 Å². The third-order valence-corrected chi connectivity index (χ3v) is 3.52. The minimum Gasteiger partial charge on any atom is -0.207 e. The van der Waals surface area contributed by atoms with Crippen LogP contribution >= 0.6 is 11.6 Å². The summed E-state index contributed by atoms with van der Waals surface area (Å²) < 4.78 is 26.0. The van der Waals surface area contributed by atoms with E-state index >= 15 is 0 Å². The van der Waals surface area contributed by atoms with Gasteiger partial charge < -0.3 is 0 Å². The van der Waals surface area contributed by atoms with Crippen LogP contribution in [0, 0.1) is 11.3 Å². The van der Waals surface area contributed by atoms with Gasteiger partial charge in [-0.1, -0.05) is 13.8 Å². The molecular weight excluding hydrogens is 182 g/mol. The molecule has 0 amide bonds. The zero-order valence-electron chi connectivity index (χ0n) is 7.54. The second-order valence-corrected chi connectivity index (χ2v) is 4.25. The molecule has 72 valence electrons. The largest absolute Gasteiger partial charge is 0.248 e. The first-order valence-corrected chi connectivity index (χ1v) is 4.93. The lowest BCUT2D eigenvalue weighted by molar-refractivity contribution is -0.0297. The average molecular weight is 197 g/mol. The highest BCUT2D eigenvalue weighted by Gasteiger charge is 2.54.